The average Bonchev–Trinajstić information content (AvgIpc) is 2.44. The topological polar surface area (TPSA) is 87.5 Å². The Morgan fingerprint density at radius 2 is 2.05 bits per heavy atom. The molecule has 1 aliphatic rings. The summed E-state index contributed by atoms with van der Waals surface area (Å²) < 4.78 is 0. The number of halogens is 1. The van der Waals surface area contributed by atoms with E-state index in [4.69, 9.17) is 11.6 Å². The van der Waals surface area contributed by atoms with Gasteiger partial charge in [-0.2, -0.15) is 0 Å². The van der Waals surface area contributed by atoms with Gasteiger partial charge < -0.3 is 15.5 Å². The van der Waals surface area contributed by atoms with Crippen molar-refractivity contribution in [2.75, 3.05) is 30.8 Å². The highest BCUT2D eigenvalue weighted by Gasteiger charge is 2.23. The summed E-state index contributed by atoms with van der Waals surface area (Å²) in [6, 6.07) is 3.19. The molecule has 1 amide bonds. The number of likely N-dealkylation sites (tertiary alicyclic amines) is 1. The molecule has 2 N–H and O–H groups in total. The van der Waals surface area contributed by atoms with Crippen molar-refractivity contribution in [1.29, 1.82) is 0 Å². The van der Waals surface area contributed by atoms with E-state index in [9.17, 15) is 14.9 Å². The van der Waals surface area contributed by atoms with Gasteiger partial charge in [-0.15, -0.1) is 0 Å². The lowest BCUT2D eigenvalue weighted by molar-refractivity contribution is -0.384. The van der Waals surface area contributed by atoms with Crippen molar-refractivity contribution in [3.05, 3.63) is 27.3 Å². The van der Waals surface area contributed by atoms with E-state index >= 15 is 0 Å². The van der Waals surface area contributed by atoms with Crippen LogP contribution in [-0.4, -0.2) is 41.9 Å². The Bertz CT molecular complexity index is 586. The van der Waals surface area contributed by atoms with Crippen LogP contribution in [0.2, 0.25) is 5.02 Å². The van der Waals surface area contributed by atoms with Gasteiger partial charge in [0.25, 0.3) is 5.69 Å². The number of nitro groups is 1. The molecule has 1 heterocycles. The lowest BCUT2D eigenvalue weighted by Gasteiger charge is -2.30. The smallest absolute Gasteiger partial charge is 0.290 e. The van der Waals surface area contributed by atoms with E-state index in [-0.39, 0.29) is 28.3 Å². The van der Waals surface area contributed by atoms with Gasteiger partial charge in [-0.3, -0.25) is 14.9 Å². The number of amides is 1. The number of benzene rings is 1. The number of hydrogen-bond acceptors (Lipinski definition) is 5. The van der Waals surface area contributed by atoms with Crippen molar-refractivity contribution in [2.24, 2.45) is 0 Å². The zero-order valence-electron chi connectivity index (χ0n) is 12.6. The minimum atomic E-state index is -0.563. The van der Waals surface area contributed by atoms with Gasteiger partial charge in [0.05, 0.1) is 16.3 Å². The Morgan fingerprint density at radius 3 is 2.59 bits per heavy atom. The Balaban J connectivity index is 2.27. The molecule has 1 aromatic rings. The van der Waals surface area contributed by atoms with Crippen LogP contribution in [-0.2, 0) is 4.79 Å². The molecule has 7 nitrogen and oxygen atoms in total. The average molecular weight is 327 g/mol. The third-order valence-electron chi connectivity index (χ3n) is 3.70. The number of nitrogens with one attached hydrogen (secondary N) is 2. The first kappa shape index (κ1) is 16.5. The van der Waals surface area contributed by atoms with Crippen LogP contribution in [0.3, 0.4) is 0 Å². The maximum absolute atomic E-state index is 11.4. The molecule has 0 atom stereocenters. The van der Waals surface area contributed by atoms with Crippen LogP contribution < -0.4 is 10.6 Å². The molecule has 8 heteroatoms. The second-order valence-corrected chi connectivity index (χ2v) is 5.86. The van der Waals surface area contributed by atoms with Gasteiger partial charge in [0.15, 0.2) is 0 Å². The van der Waals surface area contributed by atoms with E-state index in [2.05, 4.69) is 22.6 Å². The second-order valence-electron chi connectivity index (χ2n) is 5.48. The predicted molar refractivity (Wildman–Crippen MR) is 86.6 cm³/mol. The zero-order valence-corrected chi connectivity index (χ0v) is 13.3. The highest BCUT2D eigenvalue weighted by Crippen LogP contribution is 2.38. The minimum Gasteiger partial charge on any atom is -0.380 e. The maximum Gasteiger partial charge on any atom is 0.290 e. The molecule has 0 bridgehead atoms. The number of carbonyl (C=O) groups excluding carboxylic acids is 1. The molecule has 0 aromatic heterocycles. The predicted octanol–water partition coefficient (Wildman–Crippen LogP) is 2.71. The summed E-state index contributed by atoms with van der Waals surface area (Å²) >= 11 is 6.09. The lowest BCUT2D eigenvalue weighted by Crippen LogP contribution is -2.36. The summed E-state index contributed by atoms with van der Waals surface area (Å²) in [5.41, 5.74) is 0.655. The number of hydrogen-bond donors (Lipinski definition) is 2. The fraction of sp³-hybridized carbons (Fsp3) is 0.500. The zero-order chi connectivity index (χ0) is 16.3. The number of piperidine rings is 1. The number of nitro benzene ring substituents is 1. The Kier molecular flexibility index (Phi) is 5.20. The van der Waals surface area contributed by atoms with E-state index in [0.29, 0.717) is 5.69 Å². The molecule has 120 valence electrons. The van der Waals surface area contributed by atoms with Gasteiger partial charge in [0.1, 0.15) is 5.02 Å². The summed E-state index contributed by atoms with van der Waals surface area (Å²) in [4.78, 5) is 24.0. The SMILES string of the molecule is CC(=O)Nc1c(NC2CCN(C)CC2)ccc([N+](=O)[O-])c1Cl. The quantitative estimate of drug-likeness (QED) is 0.656. The first-order chi connectivity index (χ1) is 10.4. The maximum atomic E-state index is 11.4. The second kappa shape index (κ2) is 6.93. The van der Waals surface area contributed by atoms with E-state index < -0.39 is 4.92 Å². The summed E-state index contributed by atoms with van der Waals surface area (Å²) in [6.07, 6.45) is 1.93. The van der Waals surface area contributed by atoms with Gasteiger partial charge in [0.2, 0.25) is 5.91 Å². The Hall–Kier alpha value is -1.86. The van der Waals surface area contributed by atoms with Crippen LogP contribution >= 0.6 is 11.6 Å². The van der Waals surface area contributed by atoms with Crippen LogP contribution in [0.15, 0.2) is 12.1 Å². The van der Waals surface area contributed by atoms with E-state index in [0.717, 1.165) is 25.9 Å². The van der Waals surface area contributed by atoms with Crippen LogP contribution in [0.4, 0.5) is 17.1 Å². The standard InChI is InChI=1S/C14H19ClN4O3/c1-9(20)16-14-11(3-4-12(13(14)15)19(21)22)17-10-5-7-18(2)8-6-10/h3-4,10,17H,5-8H2,1-2H3,(H,16,20). The molecule has 2 rings (SSSR count). The highest BCUT2D eigenvalue weighted by atomic mass is 35.5. The van der Waals surface area contributed by atoms with Crippen LogP contribution in [0, 0.1) is 10.1 Å². The van der Waals surface area contributed by atoms with Gasteiger partial charge in [-0.25, -0.2) is 0 Å². The Morgan fingerprint density at radius 1 is 1.41 bits per heavy atom. The first-order valence-electron chi connectivity index (χ1n) is 7.08. The normalized spacial score (nSPS) is 16.3. The molecule has 1 aliphatic heterocycles. The summed E-state index contributed by atoms with van der Waals surface area (Å²) in [7, 11) is 2.07. The molecule has 0 unspecified atom stereocenters. The molecular weight excluding hydrogens is 308 g/mol. The van der Waals surface area contributed by atoms with E-state index in [1.54, 1.807) is 6.07 Å². The first-order valence-corrected chi connectivity index (χ1v) is 7.46. The fourth-order valence-corrected chi connectivity index (χ4v) is 2.78. The molecule has 1 fully saturated rings. The van der Waals surface area contributed by atoms with Crippen molar-refractivity contribution in [3.63, 3.8) is 0 Å². The molecular formula is C14H19ClN4O3. The molecule has 0 saturated carbocycles. The largest absolute Gasteiger partial charge is 0.380 e. The van der Waals surface area contributed by atoms with Crippen molar-refractivity contribution < 1.29 is 9.72 Å². The summed E-state index contributed by atoms with van der Waals surface area (Å²) in [6.45, 7) is 3.30. The highest BCUT2D eigenvalue weighted by molar-refractivity contribution is 6.36. The monoisotopic (exact) mass is 326 g/mol. The molecule has 1 aromatic carbocycles. The summed E-state index contributed by atoms with van der Waals surface area (Å²) in [5.74, 6) is -0.325. The van der Waals surface area contributed by atoms with Gasteiger partial charge in [-0.05, 0) is 39.0 Å². The number of anilines is 2. The molecule has 1 saturated heterocycles. The lowest BCUT2D eigenvalue weighted by atomic mass is 10.0. The van der Waals surface area contributed by atoms with Crippen molar-refractivity contribution in [2.45, 2.75) is 25.8 Å². The number of nitrogens with zero attached hydrogens (tertiary/aromatic N) is 2. The third-order valence-corrected chi connectivity index (χ3v) is 4.08. The van der Waals surface area contributed by atoms with Gasteiger partial charge in [0, 0.05) is 19.0 Å². The fourth-order valence-electron chi connectivity index (χ4n) is 2.50. The van der Waals surface area contributed by atoms with Crippen molar-refractivity contribution in [1.82, 2.24) is 4.90 Å². The third kappa shape index (κ3) is 3.86. The van der Waals surface area contributed by atoms with E-state index in [1.807, 2.05) is 0 Å². The molecule has 0 aliphatic carbocycles. The summed E-state index contributed by atoms with van der Waals surface area (Å²) in [5, 5.41) is 16.8. The molecule has 22 heavy (non-hydrogen) atoms. The number of carbonyl (C=O) groups is 1. The van der Waals surface area contributed by atoms with Crippen molar-refractivity contribution >= 4 is 34.6 Å². The molecule has 0 spiro atoms. The van der Waals surface area contributed by atoms with Crippen LogP contribution in [0.5, 0.6) is 0 Å². The van der Waals surface area contributed by atoms with Crippen LogP contribution in [0.1, 0.15) is 19.8 Å². The van der Waals surface area contributed by atoms with E-state index in [1.165, 1.54) is 13.0 Å². The molecule has 0 radical (unpaired) electrons. The Labute approximate surface area is 133 Å². The van der Waals surface area contributed by atoms with Gasteiger partial charge in [-0.1, -0.05) is 11.6 Å². The van der Waals surface area contributed by atoms with Crippen molar-refractivity contribution in [3.8, 4) is 0 Å². The minimum absolute atomic E-state index is 0.0573. The number of rotatable bonds is 4. The van der Waals surface area contributed by atoms with Crippen LogP contribution in [0.25, 0.3) is 0 Å². The van der Waals surface area contributed by atoms with Gasteiger partial charge >= 0.3 is 0 Å².